The predicted octanol–water partition coefficient (Wildman–Crippen LogP) is 3.67. The highest BCUT2D eigenvalue weighted by Crippen LogP contribution is 2.31. The normalized spacial score (nSPS) is 19.5. The van der Waals surface area contributed by atoms with Crippen LogP contribution in [0.1, 0.15) is 32.6 Å². The van der Waals surface area contributed by atoms with Crippen LogP contribution >= 0.6 is 0 Å². The zero-order valence-corrected chi connectivity index (χ0v) is 16.8. The summed E-state index contributed by atoms with van der Waals surface area (Å²) in [5.74, 6) is 0.402. The minimum absolute atomic E-state index is 0.0798. The van der Waals surface area contributed by atoms with Gasteiger partial charge in [0.15, 0.2) is 11.6 Å². The summed E-state index contributed by atoms with van der Waals surface area (Å²) < 4.78 is 1.78. The molecule has 0 atom stereocenters. The van der Waals surface area contributed by atoms with Gasteiger partial charge in [-0.25, -0.2) is 9.51 Å². The zero-order valence-electron chi connectivity index (χ0n) is 16.8. The maximum Gasteiger partial charge on any atom is 0.185 e. The summed E-state index contributed by atoms with van der Waals surface area (Å²) in [4.78, 5) is 18.9. The molecule has 7 nitrogen and oxygen atoms in total. The number of aliphatic hydroxyl groups excluding tert-OH is 1. The average molecular weight is 393 g/mol. The molecule has 2 aliphatic rings. The molecular formula is C22H27N5O2. The Balaban J connectivity index is 1.54. The highest BCUT2D eigenvalue weighted by molar-refractivity contribution is 6.21. The number of piperidine rings is 1. The topological polar surface area (TPSA) is 82.2 Å². The Morgan fingerprint density at radius 3 is 2.86 bits per heavy atom. The SMILES string of the molecule is CC1=C(O)/C(=N/c2c(NCCCN3CCCCC3)nn3ccccc23)C=CC1=O. The maximum atomic E-state index is 11.7. The number of allylic oxidation sites excluding steroid dienone is 3. The lowest BCUT2D eigenvalue weighted by Crippen LogP contribution is -2.31. The molecule has 1 aliphatic heterocycles. The summed E-state index contributed by atoms with van der Waals surface area (Å²) in [6.07, 6.45) is 9.84. The molecule has 1 saturated heterocycles. The van der Waals surface area contributed by atoms with Crippen molar-refractivity contribution >= 4 is 28.5 Å². The summed E-state index contributed by atoms with van der Waals surface area (Å²) in [5, 5.41) is 18.4. The molecule has 0 aromatic carbocycles. The predicted molar refractivity (Wildman–Crippen MR) is 115 cm³/mol. The van der Waals surface area contributed by atoms with Crippen LogP contribution in [-0.2, 0) is 4.79 Å². The van der Waals surface area contributed by atoms with Crippen LogP contribution in [0, 0.1) is 0 Å². The first-order valence-electron chi connectivity index (χ1n) is 10.3. The number of hydrogen-bond acceptors (Lipinski definition) is 6. The number of pyridine rings is 1. The molecule has 0 bridgehead atoms. The van der Waals surface area contributed by atoms with Crippen molar-refractivity contribution in [1.82, 2.24) is 14.5 Å². The average Bonchev–Trinajstić information content (AvgIpc) is 3.10. The summed E-state index contributed by atoms with van der Waals surface area (Å²) in [5.41, 5.74) is 2.18. The number of aliphatic hydroxyl groups is 1. The first-order chi connectivity index (χ1) is 14.1. The van der Waals surface area contributed by atoms with Crippen LogP contribution in [0.2, 0.25) is 0 Å². The van der Waals surface area contributed by atoms with Gasteiger partial charge in [-0.3, -0.25) is 4.79 Å². The quantitative estimate of drug-likeness (QED) is 0.578. The molecule has 0 saturated carbocycles. The monoisotopic (exact) mass is 393 g/mol. The van der Waals surface area contributed by atoms with Crippen molar-refractivity contribution in [2.45, 2.75) is 32.6 Å². The first-order valence-corrected chi connectivity index (χ1v) is 10.3. The van der Waals surface area contributed by atoms with Gasteiger partial charge in [-0.05, 0) is 70.1 Å². The van der Waals surface area contributed by atoms with Crippen LogP contribution in [0.5, 0.6) is 0 Å². The fourth-order valence-electron chi connectivity index (χ4n) is 3.79. The third kappa shape index (κ3) is 4.24. The zero-order chi connectivity index (χ0) is 20.2. The van der Waals surface area contributed by atoms with E-state index in [4.69, 9.17) is 0 Å². The van der Waals surface area contributed by atoms with Crippen LogP contribution < -0.4 is 5.32 Å². The molecule has 0 radical (unpaired) electrons. The van der Waals surface area contributed by atoms with Crippen molar-refractivity contribution in [3.8, 4) is 0 Å². The molecule has 0 unspecified atom stereocenters. The summed E-state index contributed by atoms with van der Waals surface area (Å²) >= 11 is 0. The van der Waals surface area contributed by atoms with E-state index in [9.17, 15) is 9.90 Å². The number of nitrogens with one attached hydrogen (secondary N) is 1. The van der Waals surface area contributed by atoms with Gasteiger partial charge in [-0.2, -0.15) is 0 Å². The van der Waals surface area contributed by atoms with Gasteiger partial charge >= 0.3 is 0 Å². The molecule has 7 heteroatoms. The van der Waals surface area contributed by atoms with E-state index in [2.05, 4.69) is 20.3 Å². The second-order valence-corrected chi connectivity index (χ2v) is 7.58. The number of rotatable bonds is 6. The van der Waals surface area contributed by atoms with Gasteiger partial charge in [0.25, 0.3) is 0 Å². The molecule has 0 spiro atoms. The summed E-state index contributed by atoms with van der Waals surface area (Å²) in [6.45, 7) is 5.88. The Hall–Kier alpha value is -2.93. The number of anilines is 1. The smallest absolute Gasteiger partial charge is 0.185 e. The van der Waals surface area contributed by atoms with Gasteiger partial charge in [0.05, 0.1) is 5.52 Å². The third-order valence-corrected chi connectivity index (χ3v) is 5.50. The molecule has 2 aromatic heterocycles. The molecule has 2 N–H and O–H groups in total. The molecule has 4 rings (SSSR count). The number of fused-ring (bicyclic) bond motifs is 1. The number of aliphatic imine (C=N–C) groups is 1. The number of nitrogens with zero attached hydrogens (tertiary/aromatic N) is 4. The number of ketones is 1. The number of carbonyl (C=O) groups excluding carboxylic acids is 1. The van der Waals surface area contributed by atoms with E-state index in [0.717, 1.165) is 25.0 Å². The minimum Gasteiger partial charge on any atom is -0.505 e. The Bertz CT molecular complexity index is 996. The molecule has 1 fully saturated rings. The molecule has 29 heavy (non-hydrogen) atoms. The largest absolute Gasteiger partial charge is 0.505 e. The Morgan fingerprint density at radius 1 is 1.21 bits per heavy atom. The molecule has 0 amide bonds. The summed E-state index contributed by atoms with van der Waals surface area (Å²) in [6, 6.07) is 5.79. The van der Waals surface area contributed by atoms with Gasteiger partial charge in [-0.1, -0.05) is 12.5 Å². The first kappa shape index (κ1) is 19.4. The van der Waals surface area contributed by atoms with Crippen molar-refractivity contribution < 1.29 is 9.90 Å². The Labute approximate surface area is 170 Å². The second kappa shape index (κ2) is 8.61. The van der Waals surface area contributed by atoms with Crippen LogP contribution in [0.3, 0.4) is 0 Å². The number of aromatic nitrogens is 2. The van der Waals surface area contributed by atoms with Crippen LogP contribution in [0.15, 0.2) is 52.9 Å². The maximum absolute atomic E-state index is 11.7. The van der Waals surface area contributed by atoms with E-state index >= 15 is 0 Å². The van der Waals surface area contributed by atoms with Crippen molar-refractivity contribution in [3.05, 3.63) is 47.9 Å². The molecular weight excluding hydrogens is 366 g/mol. The van der Waals surface area contributed by atoms with Gasteiger partial charge in [0.1, 0.15) is 17.2 Å². The van der Waals surface area contributed by atoms with E-state index in [1.165, 1.54) is 38.4 Å². The molecule has 152 valence electrons. The molecule has 3 heterocycles. The molecule has 2 aromatic rings. The van der Waals surface area contributed by atoms with Crippen LogP contribution in [0.25, 0.3) is 5.52 Å². The third-order valence-electron chi connectivity index (χ3n) is 5.50. The number of likely N-dealkylation sites (tertiary alicyclic amines) is 1. The fraction of sp³-hybridized carbons (Fsp3) is 0.409. The van der Waals surface area contributed by atoms with E-state index in [1.807, 2.05) is 24.4 Å². The van der Waals surface area contributed by atoms with Gasteiger partial charge in [-0.15, -0.1) is 5.10 Å². The van der Waals surface area contributed by atoms with Gasteiger partial charge in [0, 0.05) is 18.3 Å². The van der Waals surface area contributed by atoms with Crippen LogP contribution in [-0.4, -0.2) is 57.3 Å². The minimum atomic E-state index is -0.197. The fourth-order valence-corrected chi connectivity index (χ4v) is 3.79. The lowest BCUT2D eigenvalue weighted by atomic mass is 10.0. The second-order valence-electron chi connectivity index (χ2n) is 7.58. The highest BCUT2D eigenvalue weighted by atomic mass is 16.3. The Morgan fingerprint density at radius 2 is 2.03 bits per heavy atom. The standard InChI is InChI=1S/C22H27N5O2/c1-16-19(28)10-9-17(21(16)29)24-20-18-8-3-6-15-27(18)25-22(20)23-11-7-14-26-12-4-2-5-13-26/h3,6,8-10,15,29H,2,4-5,7,11-14H2,1H3,(H,23,25)/b24-17+. The lowest BCUT2D eigenvalue weighted by molar-refractivity contribution is -0.111. The Kier molecular flexibility index (Phi) is 5.76. The van der Waals surface area contributed by atoms with Gasteiger partial charge in [0.2, 0.25) is 0 Å². The van der Waals surface area contributed by atoms with E-state index in [1.54, 1.807) is 17.5 Å². The van der Waals surface area contributed by atoms with Crippen molar-refractivity contribution in [2.75, 3.05) is 31.5 Å². The van der Waals surface area contributed by atoms with Crippen molar-refractivity contribution in [2.24, 2.45) is 4.99 Å². The van der Waals surface area contributed by atoms with Crippen LogP contribution in [0.4, 0.5) is 11.5 Å². The molecule has 1 aliphatic carbocycles. The number of carbonyl (C=O) groups is 1. The number of hydrogen-bond donors (Lipinski definition) is 2. The van der Waals surface area contributed by atoms with Crippen molar-refractivity contribution in [3.63, 3.8) is 0 Å². The van der Waals surface area contributed by atoms with E-state index in [-0.39, 0.29) is 11.5 Å². The highest BCUT2D eigenvalue weighted by Gasteiger charge is 2.19. The summed E-state index contributed by atoms with van der Waals surface area (Å²) in [7, 11) is 0. The van der Waals surface area contributed by atoms with Gasteiger partial charge < -0.3 is 15.3 Å². The van der Waals surface area contributed by atoms with Crippen molar-refractivity contribution in [1.29, 1.82) is 0 Å². The lowest BCUT2D eigenvalue weighted by Gasteiger charge is -2.26. The van der Waals surface area contributed by atoms with E-state index in [0.29, 0.717) is 22.8 Å². The van der Waals surface area contributed by atoms with E-state index < -0.39 is 0 Å².